The normalized spacial score (nSPS) is 40.8. The quantitative estimate of drug-likeness (QED) is 0.690. The summed E-state index contributed by atoms with van der Waals surface area (Å²) in [5, 5.41) is 0. The van der Waals surface area contributed by atoms with Gasteiger partial charge in [0.25, 0.3) is 0 Å². The van der Waals surface area contributed by atoms with Gasteiger partial charge in [0.15, 0.2) is 5.79 Å². The lowest BCUT2D eigenvalue weighted by atomic mass is 10.1. The molecule has 2 rings (SSSR count). The average molecular weight is 228 g/mol. The van der Waals surface area contributed by atoms with Crippen LogP contribution in [0.1, 0.15) is 34.1 Å². The van der Waals surface area contributed by atoms with Gasteiger partial charge in [-0.1, -0.05) is 6.92 Å². The molecule has 4 heteroatoms. The molecule has 0 radical (unpaired) electrons. The maximum atomic E-state index is 10.8. The number of rotatable bonds is 3. The van der Waals surface area contributed by atoms with Crippen LogP contribution in [0.2, 0.25) is 0 Å². The third-order valence-corrected chi connectivity index (χ3v) is 3.51. The third kappa shape index (κ3) is 2.38. The maximum absolute atomic E-state index is 10.8. The first-order chi connectivity index (χ1) is 7.32. The van der Waals surface area contributed by atoms with Crippen molar-refractivity contribution in [2.45, 2.75) is 46.0 Å². The predicted octanol–water partition coefficient (Wildman–Crippen LogP) is 1.73. The molecule has 2 aliphatic rings. The van der Waals surface area contributed by atoms with Crippen molar-refractivity contribution in [2.75, 3.05) is 13.2 Å². The summed E-state index contributed by atoms with van der Waals surface area (Å²) in [6.45, 7) is 8.58. The van der Waals surface area contributed by atoms with Gasteiger partial charge < -0.3 is 14.2 Å². The van der Waals surface area contributed by atoms with Gasteiger partial charge in [-0.3, -0.25) is 4.79 Å². The molecule has 4 nitrogen and oxygen atoms in total. The molecule has 2 fully saturated rings. The maximum Gasteiger partial charge on any atom is 0.302 e. The minimum atomic E-state index is -0.463. The van der Waals surface area contributed by atoms with Crippen molar-refractivity contribution in [3.63, 3.8) is 0 Å². The van der Waals surface area contributed by atoms with Gasteiger partial charge in [0.2, 0.25) is 0 Å². The molecule has 0 spiro atoms. The van der Waals surface area contributed by atoms with E-state index in [4.69, 9.17) is 14.2 Å². The molecule has 1 unspecified atom stereocenters. The zero-order chi connectivity index (χ0) is 12.0. The van der Waals surface area contributed by atoms with Crippen LogP contribution in [0, 0.1) is 11.3 Å². The van der Waals surface area contributed by atoms with Crippen LogP contribution >= 0.6 is 0 Å². The van der Waals surface area contributed by atoms with Crippen LogP contribution < -0.4 is 0 Å². The summed E-state index contributed by atoms with van der Waals surface area (Å²) >= 11 is 0. The topological polar surface area (TPSA) is 44.8 Å². The second-order valence-corrected chi connectivity index (χ2v) is 5.61. The summed E-state index contributed by atoms with van der Waals surface area (Å²) in [7, 11) is 0. The van der Waals surface area contributed by atoms with E-state index in [2.05, 4.69) is 6.92 Å². The minimum Gasteiger partial charge on any atom is -0.465 e. The summed E-state index contributed by atoms with van der Waals surface area (Å²) in [5.41, 5.74) is 0.0834. The molecule has 0 aromatic rings. The zero-order valence-corrected chi connectivity index (χ0v) is 10.4. The number of carbonyl (C=O) groups excluding carboxylic acids is 1. The molecule has 0 aromatic heterocycles. The molecule has 0 aromatic carbocycles. The molecule has 92 valence electrons. The van der Waals surface area contributed by atoms with E-state index in [1.807, 2.05) is 13.8 Å². The van der Waals surface area contributed by atoms with Gasteiger partial charge in [-0.05, 0) is 26.2 Å². The van der Waals surface area contributed by atoms with E-state index in [9.17, 15) is 4.79 Å². The molecule has 0 amide bonds. The molecule has 1 heterocycles. The zero-order valence-electron chi connectivity index (χ0n) is 10.4. The second kappa shape index (κ2) is 3.70. The highest BCUT2D eigenvalue weighted by Crippen LogP contribution is 2.56. The van der Waals surface area contributed by atoms with Crippen LogP contribution in [0.25, 0.3) is 0 Å². The van der Waals surface area contributed by atoms with E-state index in [1.54, 1.807) is 0 Å². The predicted molar refractivity (Wildman–Crippen MR) is 57.8 cm³/mol. The van der Waals surface area contributed by atoms with Gasteiger partial charge in [0, 0.05) is 12.3 Å². The van der Waals surface area contributed by atoms with Crippen molar-refractivity contribution in [2.24, 2.45) is 11.3 Å². The number of hydrogen-bond acceptors (Lipinski definition) is 4. The van der Waals surface area contributed by atoms with E-state index in [1.165, 1.54) is 6.92 Å². The highest BCUT2D eigenvalue weighted by molar-refractivity contribution is 5.65. The van der Waals surface area contributed by atoms with Gasteiger partial charge >= 0.3 is 5.97 Å². The molecule has 0 bridgehead atoms. The SMILES string of the molecule is CC(=O)OC[C@@]1(C)C[C@@H]1C1COC(C)(C)O1. The first kappa shape index (κ1) is 11.9. The lowest BCUT2D eigenvalue weighted by Crippen LogP contribution is -2.24. The van der Waals surface area contributed by atoms with E-state index in [0.29, 0.717) is 19.1 Å². The standard InChI is InChI=1S/C12H20O4/c1-8(13)14-7-12(4)5-9(12)10-6-15-11(2,3)16-10/h9-10H,5-7H2,1-4H3/t9-,10?,12-/m1/s1. The Morgan fingerprint density at radius 3 is 2.62 bits per heavy atom. The van der Waals surface area contributed by atoms with Gasteiger partial charge in [0.05, 0.1) is 19.3 Å². The van der Waals surface area contributed by atoms with Crippen LogP contribution in [-0.2, 0) is 19.0 Å². The van der Waals surface area contributed by atoms with Crippen LogP contribution in [0.5, 0.6) is 0 Å². The van der Waals surface area contributed by atoms with Gasteiger partial charge in [-0.2, -0.15) is 0 Å². The van der Waals surface area contributed by atoms with Crippen molar-refractivity contribution in [3.8, 4) is 0 Å². The lowest BCUT2D eigenvalue weighted by Gasteiger charge is -2.18. The largest absolute Gasteiger partial charge is 0.465 e. The Balaban J connectivity index is 1.84. The fourth-order valence-corrected chi connectivity index (χ4v) is 2.37. The molecular formula is C12H20O4. The monoisotopic (exact) mass is 228 g/mol. The number of esters is 1. The Bertz CT molecular complexity index is 299. The molecule has 1 saturated carbocycles. The number of ether oxygens (including phenoxy) is 3. The summed E-state index contributed by atoms with van der Waals surface area (Å²) < 4.78 is 16.4. The fraction of sp³-hybridized carbons (Fsp3) is 0.917. The van der Waals surface area contributed by atoms with Crippen molar-refractivity contribution in [3.05, 3.63) is 0 Å². The highest BCUT2D eigenvalue weighted by Gasteiger charge is 2.57. The van der Waals surface area contributed by atoms with E-state index < -0.39 is 5.79 Å². The lowest BCUT2D eigenvalue weighted by molar-refractivity contribution is -0.146. The van der Waals surface area contributed by atoms with Gasteiger partial charge in [-0.25, -0.2) is 0 Å². The molecular weight excluding hydrogens is 208 g/mol. The van der Waals surface area contributed by atoms with Crippen LogP contribution in [0.15, 0.2) is 0 Å². The Kier molecular flexibility index (Phi) is 2.75. The molecule has 16 heavy (non-hydrogen) atoms. The minimum absolute atomic E-state index is 0.0834. The molecule has 0 N–H and O–H groups in total. The average Bonchev–Trinajstić information content (AvgIpc) is 2.70. The Hall–Kier alpha value is -0.610. The van der Waals surface area contributed by atoms with E-state index in [0.717, 1.165) is 6.42 Å². The van der Waals surface area contributed by atoms with Crippen molar-refractivity contribution in [1.29, 1.82) is 0 Å². The van der Waals surface area contributed by atoms with E-state index >= 15 is 0 Å². The fourth-order valence-electron chi connectivity index (χ4n) is 2.37. The smallest absolute Gasteiger partial charge is 0.302 e. The second-order valence-electron chi connectivity index (χ2n) is 5.61. The molecule has 3 atom stereocenters. The van der Waals surface area contributed by atoms with Gasteiger partial charge in [-0.15, -0.1) is 0 Å². The highest BCUT2D eigenvalue weighted by atomic mass is 16.7. The van der Waals surface area contributed by atoms with Crippen LogP contribution in [0.4, 0.5) is 0 Å². The van der Waals surface area contributed by atoms with Crippen molar-refractivity contribution >= 4 is 5.97 Å². The van der Waals surface area contributed by atoms with E-state index in [-0.39, 0.29) is 17.5 Å². The molecule has 1 aliphatic carbocycles. The Labute approximate surface area is 96.2 Å². The van der Waals surface area contributed by atoms with Gasteiger partial charge in [0.1, 0.15) is 0 Å². The van der Waals surface area contributed by atoms with Crippen LogP contribution in [0.3, 0.4) is 0 Å². The Morgan fingerprint density at radius 1 is 1.44 bits per heavy atom. The number of hydrogen-bond donors (Lipinski definition) is 0. The van der Waals surface area contributed by atoms with Crippen molar-refractivity contribution in [1.82, 2.24) is 0 Å². The number of carbonyl (C=O) groups is 1. The summed E-state index contributed by atoms with van der Waals surface area (Å²) in [5.74, 6) is -0.222. The first-order valence-corrected chi connectivity index (χ1v) is 5.78. The molecule has 1 saturated heterocycles. The summed E-state index contributed by atoms with van der Waals surface area (Å²) in [4.78, 5) is 10.8. The Morgan fingerprint density at radius 2 is 2.12 bits per heavy atom. The first-order valence-electron chi connectivity index (χ1n) is 5.78. The summed E-state index contributed by atoms with van der Waals surface area (Å²) in [6, 6.07) is 0. The molecule has 1 aliphatic heterocycles. The van der Waals surface area contributed by atoms with Crippen LogP contribution in [-0.4, -0.2) is 31.1 Å². The third-order valence-electron chi connectivity index (χ3n) is 3.51. The van der Waals surface area contributed by atoms with Crippen molar-refractivity contribution < 1.29 is 19.0 Å². The summed E-state index contributed by atoms with van der Waals surface area (Å²) in [6.07, 6.45) is 1.19.